The average Bonchev–Trinajstić information content (AvgIpc) is 2.92. The van der Waals surface area contributed by atoms with Gasteiger partial charge in [0.25, 0.3) is 11.1 Å². The summed E-state index contributed by atoms with van der Waals surface area (Å²) < 4.78 is 61.3. The topological polar surface area (TPSA) is 193 Å². The Kier molecular flexibility index (Phi) is 6.95. The largest absolute Gasteiger partial charge is 0.455 e. The predicted octanol–water partition coefficient (Wildman–Crippen LogP) is 0.271. The predicted molar refractivity (Wildman–Crippen MR) is 144 cm³/mol. The van der Waals surface area contributed by atoms with Crippen LogP contribution in [0.1, 0.15) is 6.42 Å². The summed E-state index contributed by atoms with van der Waals surface area (Å²) in [4.78, 5) is 26.1. The van der Waals surface area contributed by atoms with Crippen LogP contribution in [0.25, 0.3) is 43.5 Å². The minimum absolute atomic E-state index is 0.0657. The summed E-state index contributed by atoms with van der Waals surface area (Å²) in [6, 6.07) is 8.11. The molecule has 206 valence electrons. The van der Waals surface area contributed by atoms with Crippen LogP contribution in [0.4, 0.5) is 0 Å². The van der Waals surface area contributed by atoms with Crippen LogP contribution in [0, 0.1) is 0 Å². The standard InChI is InChI=1S/C25H24N2O10S2/c28-8-1-11-38(33,34)20-13-18-21-16(24(31)27(7-10-30)25(18)32)4-3-15-17-12-14(39(35,36)26-6-9-29)2-5-19(17)37-23(20)22(15)21/h2-5,12-13,26,28-30H,1,6-11H2. The van der Waals surface area contributed by atoms with Crippen molar-refractivity contribution >= 4 is 63.3 Å². The normalized spacial score (nSPS) is 12.9. The zero-order valence-corrected chi connectivity index (χ0v) is 22.0. The molecule has 39 heavy (non-hydrogen) atoms. The second kappa shape index (κ2) is 9.97. The third-order valence-electron chi connectivity index (χ3n) is 6.55. The lowest BCUT2D eigenvalue weighted by atomic mass is 9.96. The van der Waals surface area contributed by atoms with Crippen molar-refractivity contribution in [1.29, 1.82) is 0 Å². The number of benzene rings is 3. The van der Waals surface area contributed by atoms with E-state index < -0.39 is 49.9 Å². The van der Waals surface area contributed by atoms with Crippen molar-refractivity contribution in [1.82, 2.24) is 9.29 Å². The number of pyridine rings is 1. The maximum absolute atomic E-state index is 13.4. The quantitative estimate of drug-likeness (QED) is 0.132. The first-order chi connectivity index (χ1) is 18.6. The van der Waals surface area contributed by atoms with Gasteiger partial charge in [0.2, 0.25) is 10.0 Å². The number of sulfonamides is 1. The van der Waals surface area contributed by atoms with E-state index >= 15 is 0 Å². The Bertz CT molecular complexity index is 2080. The monoisotopic (exact) mass is 576 g/mol. The van der Waals surface area contributed by atoms with Crippen molar-refractivity contribution in [2.45, 2.75) is 22.8 Å². The molecule has 0 bridgehead atoms. The summed E-state index contributed by atoms with van der Waals surface area (Å²) in [6.45, 7) is -1.78. The fourth-order valence-corrected chi connectivity index (χ4v) is 7.31. The summed E-state index contributed by atoms with van der Waals surface area (Å²) >= 11 is 0. The molecule has 2 aromatic heterocycles. The second-order valence-corrected chi connectivity index (χ2v) is 12.8. The van der Waals surface area contributed by atoms with Crippen molar-refractivity contribution in [2.24, 2.45) is 0 Å². The zero-order valence-electron chi connectivity index (χ0n) is 20.4. The number of aliphatic hydroxyl groups is 3. The number of aliphatic hydroxyl groups excluding tert-OH is 3. The van der Waals surface area contributed by atoms with Gasteiger partial charge in [-0.15, -0.1) is 0 Å². The minimum atomic E-state index is -4.09. The first kappa shape index (κ1) is 27.2. The Hall–Kier alpha value is -3.40. The number of fused-ring (bicyclic) bond motifs is 2. The number of hydrogen-bond donors (Lipinski definition) is 4. The highest BCUT2D eigenvalue weighted by atomic mass is 32.2. The number of rotatable bonds is 10. The van der Waals surface area contributed by atoms with Crippen molar-refractivity contribution in [3.05, 3.63) is 57.1 Å². The molecular weight excluding hydrogens is 552 g/mol. The average molecular weight is 577 g/mol. The molecule has 2 heterocycles. The number of hydrogen-bond acceptors (Lipinski definition) is 10. The van der Waals surface area contributed by atoms with E-state index in [9.17, 15) is 36.6 Å². The van der Waals surface area contributed by atoms with Gasteiger partial charge in [-0.3, -0.25) is 14.2 Å². The van der Waals surface area contributed by atoms with Crippen LogP contribution < -0.4 is 15.8 Å². The highest BCUT2D eigenvalue weighted by Gasteiger charge is 2.27. The van der Waals surface area contributed by atoms with Gasteiger partial charge >= 0.3 is 0 Å². The SMILES string of the molecule is O=c1c2ccc3c4cc(S(=O)(=O)NCCO)ccc4oc4c(S(=O)(=O)CCCO)cc(c(=O)n1CCO)c2c43. The molecule has 0 amide bonds. The molecule has 0 spiro atoms. The fourth-order valence-electron chi connectivity index (χ4n) is 4.81. The van der Waals surface area contributed by atoms with E-state index in [4.69, 9.17) is 9.52 Å². The lowest BCUT2D eigenvalue weighted by Crippen LogP contribution is -2.34. The molecule has 0 unspecified atom stereocenters. The van der Waals surface area contributed by atoms with Crippen LogP contribution in [-0.2, 0) is 26.4 Å². The van der Waals surface area contributed by atoms with Crippen molar-refractivity contribution < 1.29 is 36.6 Å². The van der Waals surface area contributed by atoms with Crippen LogP contribution in [0.3, 0.4) is 0 Å². The second-order valence-electron chi connectivity index (χ2n) is 8.93. The summed E-state index contributed by atoms with van der Waals surface area (Å²) in [7, 11) is -8.10. The van der Waals surface area contributed by atoms with Gasteiger partial charge in [0.05, 0.1) is 35.8 Å². The van der Waals surface area contributed by atoms with Crippen LogP contribution in [-0.4, -0.2) is 68.8 Å². The summed E-state index contributed by atoms with van der Waals surface area (Å²) in [5, 5.41) is 28.6. The Labute approximate surface area is 221 Å². The highest BCUT2D eigenvalue weighted by molar-refractivity contribution is 7.91. The van der Waals surface area contributed by atoms with Crippen molar-refractivity contribution in [2.75, 3.05) is 32.1 Å². The fraction of sp³-hybridized carbons (Fsp3) is 0.280. The van der Waals surface area contributed by atoms with E-state index in [0.29, 0.717) is 5.39 Å². The maximum atomic E-state index is 13.4. The van der Waals surface area contributed by atoms with Crippen LogP contribution >= 0.6 is 0 Å². The molecule has 5 rings (SSSR count). The molecule has 12 nitrogen and oxygen atoms in total. The van der Waals surface area contributed by atoms with Gasteiger partial charge in [-0.05, 0) is 42.1 Å². The Morgan fingerprint density at radius 2 is 1.51 bits per heavy atom. The van der Waals surface area contributed by atoms with Gasteiger partial charge in [0, 0.05) is 34.7 Å². The molecule has 5 aromatic rings. The molecule has 0 aliphatic heterocycles. The van der Waals surface area contributed by atoms with Crippen LogP contribution in [0.5, 0.6) is 0 Å². The van der Waals surface area contributed by atoms with Gasteiger partial charge in [0.1, 0.15) is 10.5 Å². The maximum Gasteiger partial charge on any atom is 0.261 e. The summed E-state index contributed by atoms with van der Waals surface area (Å²) in [5.41, 5.74) is -1.42. The molecule has 0 saturated heterocycles. The van der Waals surface area contributed by atoms with Gasteiger partial charge in [-0.1, -0.05) is 6.07 Å². The van der Waals surface area contributed by atoms with Crippen LogP contribution in [0.2, 0.25) is 0 Å². The van der Waals surface area contributed by atoms with Gasteiger partial charge in [-0.25, -0.2) is 21.6 Å². The number of nitrogens with zero attached hydrogens (tertiary/aromatic N) is 1. The van der Waals surface area contributed by atoms with E-state index in [0.717, 1.165) is 10.6 Å². The van der Waals surface area contributed by atoms with E-state index in [1.165, 1.54) is 30.3 Å². The van der Waals surface area contributed by atoms with Gasteiger partial charge in [-0.2, -0.15) is 0 Å². The van der Waals surface area contributed by atoms with E-state index in [2.05, 4.69) is 4.72 Å². The summed E-state index contributed by atoms with van der Waals surface area (Å²) in [5.74, 6) is -0.437. The van der Waals surface area contributed by atoms with E-state index in [1.807, 2.05) is 0 Å². The van der Waals surface area contributed by atoms with Crippen molar-refractivity contribution in [3.8, 4) is 0 Å². The smallest absolute Gasteiger partial charge is 0.261 e. The molecule has 4 N–H and O–H groups in total. The Morgan fingerprint density at radius 3 is 2.21 bits per heavy atom. The lowest BCUT2D eigenvalue weighted by molar-refractivity contribution is 0.273. The molecule has 0 atom stereocenters. The van der Waals surface area contributed by atoms with Gasteiger partial charge < -0.3 is 19.7 Å². The number of sulfone groups is 1. The third kappa shape index (κ3) is 4.38. The lowest BCUT2D eigenvalue weighted by Gasteiger charge is -2.17. The first-order valence-corrected chi connectivity index (χ1v) is 15.1. The first-order valence-electron chi connectivity index (χ1n) is 11.9. The van der Waals surface area contributed by atoms with E-state index in [1.54, 1.807) is 0 Å². The summed E-state index contributed by atoms with van der Waals surface area (Å²) in [6.07, 6.45) is -0.0657. The molecule has 3 aromatic carbocycles. The molecule has 0 saturated carbocycles. The van der Waals surface area contributed by atoms with Crippen LogP contribution in [0.15, 0.2) is 60.2 Å². The Balaban J connectivity index is 1.98. The molecule has 14 heteroatoms. The number of aromatic nitrogens is 1. The zero-order chi connectivity index (χ0) is 28.1. The molecule has 0 aliphatic rings. The van der Waals surface area contributed by atoms with Crippen molar-refractivity contribution in [3.63, 3.8) is 0 Å². The minimum Gasteiger partial charge on any atom is -0.455 e. The Morgan fingerprint density at radius 1 is 0.795 bits per heavy atom. The third-order valence-corrected chi connectivity index (χ3v) is 9.81. The van der Waals surface area contributed by atoms with E-state index in [-0.39, 0.29) is 74.0 Å². The highest BCUT2D eigenvalue weighted by Crippen LogP contribution is 2.40. The van der Waals surface area contributed by atoms with Gasteiger partial charge in [0.15, 0.2) is 15.4 Å². The molecule has 0 radical (unpaired) electrons. The molecule has 0 aliphatic carbocycles. The number of nitrogens with one attached hydrogen (secondary N) is 1. The molecule has 0 fully saturated rings. The molecular formula is C25H24N2O10S2.